The average Bonchev–Trinajstić information content (AvgIpc) is 3.03. The van der Waals surface area contributed by atoms with Crippen LogP contribution in [0.4, 0.5) is 0 Å². The summed E-state index contributed by atoms with van der Waals surface area (Å²) in [4.78, 5) is 51.5. The number of carboxylic acids is 2. The minimum Gasteiger partial charge on any atom is -0.481 e. The molecule has 3 atom stereocenters. The highest BCUT2D eigenvalue weighted by atomic mass is 16.6. The van der Waals surface area contributed by atoms with Gasteiger partial charge >= 0.3 is 23.9 Å². The lowest BCUT2D eigenvalue weighted by Crippen LogP contribution is -2.16. The van der Waals surface area contributed by atoms with Gasteiger partial charge in [-0.25, -0.2) is 0 Å². The molecule has 1 aliphatic heterocycles. The third kappa shape index (κ3) is 20.8. The maximum Gasteiger partial charge on any atom is 0.317 e. The Morgan fingerprint density at radius 1 is 0.968 bits per heavy atom. The number of hydrogen-bond acceptors (Lipinski definition) is 6. The summed E-state index contributed by atoms with van der Waals surface area (Å²) in [5.41, 5.74) is 0. The number of Topliss-reactive ketones (excluding diaryl/α,β-unsaturated/α-hetero) is 1. The van der Waals surface area contributed by atoms with Crippen molar-refractivity contribution >= 4 is 29.7 Å². The average molecular weight is 447 g/mol. The van der Waals surface area contributed by atoms with Crippen LogP contribution in [0.25, 0.3) is 0 Å². The summed E-state index contributed by atoms with van der Waals surface area (Å²) < 4.78 is 4.29. The van der Waals surface area contributed by atoms with Gasteiger partial charge in [0.25, 0.3) is 0 Å². The normalized spacial score (nSPS) is 16.4. The van der Waals surface area contributed by atoms with E-state index in [1.54, 1.807) is 13.8 Å². The van der Waals surface area contributed by atoms with Gasteiger partial charge in [0.1, 0.15) is 5.78 Å². The number of hydrogen-bond donors (Lipinski definition) is 2. The Bertz CT molecular complexity index is 554. The van der Waals surface area contributed by atoms with Gasteiger partial charge in [0.05, 0.1) is 24.7 Å². The predicted molar refractivity (Wildman–Crippen MR) is 118 cm³/mol. The Morgan fingerprint density at radius 2 is 1.45 bits per heavy atom. The van der Waals surface area contributed by atoms with E-state index in [-0.39, 0.29) is 36.6 Å². The first-order chi connectivity index (χ1) is 14.3. The van der Waals surface area contributed by atoms with E-state index in [4.69, 9.17) is 10.2 Å². The third-order valence-electron chi connectivity index (χ3n) is 4.84. The number of aliphatic carboxylic acids is 2. The van der Waals surface area contributed by atoms with Crippen molar-refractivity contribution in [1.82, 2.24) is 0 Å². The van der Waals surface area contributed by atoms with Gasteiger partial charge < -0.3 is 14.9 Å². The molecule has 0 spiro atoms. The predicted octanol–water partition coefficient (Wildman–Crippen LogP) is 4.73. The van der Waals surface area contributed by atoms with Crippen LogP contribution in [0.2, 0.25) is 0 Å². The third-order valence-corrected chi connectivity index (χ3v) is 4.84. The molecular formula is C23H42O8. The molecule has 1 aliphatic rings. The molecule has 0 aromatic carbocycles. The molecular weight excluding hydrogens is 404 g/mol. The summed E-state index contributed by atoms with van der Waals surface area (Å²) >= 11 is 0. The molecule has 31 heavy (non-hydrogen) atoms. The Hall–Kier alpha value is -2.25. The number of carbonyl (C=O) groups excluding carboxylic acids is 3. The largest absolute Gasteiger partial charge is 0.481 e. The number of esters is 2. The maximum absolute atomic E-state index is 10.6. The molecule has 0 saturated carbocycles. The van der Waals surface area contributed by atoms with Crippen LogP contribution in [-0.4, -0.2) is 39.9 Å². The zero-order chi connectivity index (χ0) is 25.1. The quantitative estimate of drug-likeness (QED) is 0.403. The highest BCUT2D eigenvalue weighted by molar-refractivity contribution is 5.94. The van der Waals surface area contributed by atoms with E-state index in [2.05, 4.69) is 25.5 Å². The first-order valence-electron chi connectivity index (χ1n) is 11.0. The van der Waals surface area contributed by atoms with Crippen molar-refractivity contribution in [3.05, 3.63) is 0 Å². The molecule has 0 radical (unpaired) electrons. The van der Waals surface area contributed by atoms with Gasteiger partial charge in [-0.1, -0.05) is 54.9 Å². The van der Waals surface area contributed by atoms with Crippen molar-refractivity contribution in [3.8, 4) is 0 Å². The molecule has 1 rings (SSSR count). The molecule has 0 aromatic rings. The van der Waals surface area contributed by atoms with Crippen LogP contribution in [-0.2, 0) is 28.7 Å². The molecule has 8 heteroatoms. The number of ketones is 1. The Balaban J connectivity index is -0.000000348. The van der Waals surface area contributed by atoms with E-state index in [0.29, 0.717) is 18.6 Å². The molecule has 1 saturated heterocycles. The Morgan fingerprint density at radius 3 is 1.55 bits per heavy atom. The lowest BCUT2D eigenvalue weighted by molar-refractivity contribution is -0.153. The summed E-state index contributed by atoms with van der Waals surface area (Å²) in [6.45, 7) is 15.8. The van der Waals surface area contributed by atoms with E-state index in [1.807, 2.05) is 20.8 Å². The van der Waals surface area contributed by atoms with Gasteiger partial charge in [0.2, 0.25) is 0 Å². The summed E-state index contributed by atoms with van der Waals surface area (Å²) in [5.74, 6) is -2.30. The van der Waals surface area contributed by atoms with Crippen LogP contribution in [0, 0.1) is 23.7 Å². The number of carbonyl (C=O) groups is 5. The molecule has 3 unspecified atom stereocenters. The summed E-state index contributed by atoms with van der Waals surface area (Å²) in [5, 5.41) is 16.6. The van der Waals surface area contributed by atoms with E-state index >= 15 is 0 Å². The van der Waals surface area contributed by atoms with Crippen molar-refractivity contribution in [2.24, 2.45) is 23.7 Å². The van der Waals surface area contributed by atoms with E-state index in [0.717, 1.165) is 12.3 Å². The number of rotatable bonds is 8. The monoisotopic (exact) mass is 446 g/mol. The molecule has 2 N–H and O–H groups in total. The number of cyclic esters (lactones) is 2. The van der Waals surface area contributed by atoms with Crippen molar-refractivity contribution in [3.63, 3.8) is 0 Å². The zero-order valence-electron chi connectivity index (χ0n) is 20.4. The second-order valence-electron chi connectivity index (χ2n) is 7.87. The Kier molecular flexibility index (Phi) is 21.2. The van der Waals surface area contributed by atoms with Crippen molar-refractivity contribution in [2.45, 2.75) is 93.9 Å². The van der Waals surface area contributed by atoms with Gasteiger partial charge in [-0.05, 0) is 32.1 Å². The molecule has 0 amide bonds. The van der Waals surface area contributed by atoms with Crippen LogP contribution < -0.4 is 0 Å². The number of ether oxygens (including phenoxy) is 1. The smallest absolute Gasteiger partial charge is 0.317 e. The highest BCUT2D eigenvalue weighted by Gasteiger charge is 2.31. The standard InChI is InChI=1S/C6H10O4.C6H8O3.C6H12O.C5H12/c1-2-4(6(9)10)3-5(7)8;1-2-4-3-5(7)9-6(4)8;1-4-5(2)6(3)7;1-4-5(2)3/h4H,2-3H2,1H3,(H,7,8)(H,9,10);4H,2-3H2,1H3;5H,4H2,1-3H3;5H,4H2,1-3H3. The molecule has 8 nitrogen and oxygen atoms in total. The van der Waals surface area contributed by atoms with Crippen LogP contribution in [0.3, 0.4) is 0 Å². The fraction of sp³-hybridized carbons (Fsp3) is 0.783. The maximum atomic E-state index is 10.6. The van der Waals surface area contributed by atoms with Gasteiger partial charge in [-0.2, -0.15) is 0 Å². The SMILES string of the molecule is CCC(C)C.CCC(C)C(C)=O.CCC(CC(=O)O)C(=O)O.CCC1CC(=O)OC1=O. The highest BCUT2D eigenvalue weighted by Crippen LogP contribution is 2.18. The van der Waals surface area contributed by atoms with Gasteiger partial charge in [-0.3, -0.25) is 24.0 Å². The summed E-state index contributed by atoms with van der Waals surface area (Å²) in [7, 11) is 0. The Labute approximate surface area is 186 Å². The second-order valence-corrected chi connectivity index (χ2v) is 7.87. The van der Waals surface area contributed by atoms with Crippen LogP contribution in [0.15, 0.2) is 0 Å². The topological polar surface area (TPSA) is 135 Å². The molecule has 0 aliphatic carbocycles. The second kappa shape index (κ2) is 19.7. The van der Waals surface area contributed by atoms with Crippen molar-refractivity contribution in [2.75, 3.05) is 0 Å². The molecule has 1 heterocycles. The molecule has 0 bridgehead atoms. The van der Waals surface area contributed by atoms with Crippen molar-refractivity contribution < 1.29 is 38.9 Å². The lowest BCUT2D eigenvalue weighted by Gasteiger charge is -2.03. The minimum absolute atomic E-state index is 0.169. The molecule has 182 valence electrons. The van der Waals surface area contributed by atoms with E-state index in [1.165, 1.54) is 6.42 Å². The summed E-state index contributed by atoms with van der Waals surface area (Å²) in [6, 6.07) is 0. The van der Waals surface area contributed by atoms with Gasteiger partial charge in [0, 0.05) is 5.92 Å². The summed E-state index contributed by atoms with van der Waals surface area (Å²) in [6.07, 6.45) is 3.32. The zero-order valence-corrected chi connectivity index (χ0v) is 20.4. The van der Waals surface area contributed by atoms with Crippen molar-refractivity contribution in [1.29, 1.82) is 0 Å². The van der Waals surface area contributed by atoms with Crippen LogP contribution >= 0.6 is 0 Å². The first kappa shape index (κ1) is 33.4. The fourth-order valence-corrected chi connectivity index (χ4v) is 1.74. The van der Waals surface area contributed by atoms with Gasteiger partial charge in [0.15, 0.2) is 0 Å². The van der Waals surface area contributed by atoms with E-state index < -0.39 is 17.9 Å². The fourth-order valence-electron chi connectivity index (χ4n) is 1.74. The molecule has 1 fully saturated rings. The molecule has 0 aromatic heterocycles. The van der Waals surface area contributed by atoms with Crippen LogP contribution in [0.1, 0.15) is 93.9 Å². The van der Waals surface area contributed by atoms with E-state index in [9.17, 15) is 24.0 Å². The number of carboxylic acid groups (broad SMARTS) is 2. The minimum atomic E-state index is -1.06. The first-order valence-corrected chi connectivity index (χ1v) is 11.0. The van der Waals surface area contributed by atoms with Crippen LogP contribution in [0.5, 0.6) is 0 Å². The lowest BCUT2D eigenvalue weighted by atomic mass is 10.0. The van der Waals surface area contributed by atoms with Gasteiger partial charge in [-0.15, -0.1) is 0 Å².